The van der Waals surface area contributed by atoms with Gasteiger partial charge in [-0.3, -0.25) is 4.79 Å². The Morgan fingerprint density at radius 1 is 1.22 bits per heavy atom. The molecule has 1 N–H and O–H groups in total. The van der Waals surface area contributed by atoms with Gasteiger partial charge in [0.25, 0.3) is 5.91 Å². The van der Waals surface area contributed by atoms with Gasteiger partial charge in [0.2, 0.25) is 0 Å². The van der Waals surface area contributed by atoms with Crippen LogP contribution in [-0.4, -0.2) is 42.0 Å². The van der Waals surface area contributed by atoms with Crippen molar-refractivity contribution < 1.29 is 4.79 Å². The summed E-state index contributed by atoms with van der Waals surface area (Å²) in [4.78, 5) is 20.5. The third-order valence-electron chi connectivity index (χ3n) is 5.42. The van der Waals surface area contributed by atoms with Gasteiger partial charge < -0.3 is 10.2 Å². The number of piperidine rings is 1. The smallest absolute Gasteiger partial charge is 0.254 e. The fourth-order valence-corrected chi connectivity index (χ4v) is 5.42. The quantitative estimate of drug-likeness (QED) is 0.703. The lowest BCUT2D eigenvalue weighted by Crippen LogP contribution is -2.44. The van der Waals surface area contributed by atoms with Crippen molar-refractivity contribution >= 4 is 53.8 Å². The molecule has 2 fully saturated rings. The molecular weight excluding hydrogens is 421 g/mol. The first kappa shape index (κ1) is 22.5. The number of aromatic nitrogens is 1. The Morgan fingerprint density at radius 2 is 2.00 bits per heavy atom. The summed E-state index contributed by atoms with van der Waals surface area (Å²) in [6, 6.07) is 7.99. The number of rotatable bonds is 4. The van der Waals surface area contributed by atoms with E-state index in [1.165, 1.54) is 6.42 Å². The van der Waals surface area contributed by atoms with Crippen molar-refractivity contribution in [3.05, 3.63) is 46.4 Å². The van der Waals surface area contributed by atoms with Gasteiger partial charge >= 0.3 is 0 Å². The fraction of sp³-hybridized carbons (Fsp3) is 0.474. The van der Waals surface area contributed by atoms with Gasteiger partial charge in [0.15, 0.2) is 0 Å². The minimum absolute atomic E-state index is 0. The SMILES string of the molecule is Cl.Cl.O=C(c1ccccc1SCc1cscn1)N1CCC2(CCNC2)CC1. The Morgan fingerprint density at radius 3 is 2.67 bits per heavy atom. The fourth-order valence-electron chi connectivity index (χ4n) is 3.81. The number of carbonyl (C=O) groups is 1. The van der Waals surface area contributed by atoms with E-state index in [-0.39, 0.29) is 30.7 Å². The van der Waals surface area contributed by atoms with Crippen molar-refractivity contribution in [1.82, 2.24) is 15.2 Å². The average molecular weight is 446 g/mol. The van der Waals surface area contributed by atoms with E-state index in [9.17, 15) is 4.79 Å². The number of nitrogens with one attached hydrogen (secondary N) is 1. The summed E-state index contributed by atoms with van der Waals surface area (Å²) in [5, 5.41) is 5.55. The topological polar surface area (TPSA) is 45.2 Å². The Labute approximate surface area is 181 Å². The van der Waals surface area contributed by atoms with Crippen LogP contribution in [0.5, 0.6) is 0 Å². The van der Waals surface area contributed by atoms with Crippen LogP contribution in [0.3, 0.4) is 0 Å². The molecule has 1 aromatic heterocycles. The highest BCUT2D eigenvalue weighted by atomic mass is 35.5. The second-order valence-corrected chi connectivity index (χ2v) is 8.72. The molecule has 1 spiro atoms. The number of benzene rings is 1. The van der Waals surface area contributed by atoms with Crippen LogP contribution >= 0.6 is 47.9 Å². The van der Waals surface area contributed by atoms with E-state index >= 15 is 0 Å². The lowest BCUT2D eigenvalue weighted by atomic mass is 9.78. The lowest BCUT2D eigenvalue weighted by molar-refractivity contribution is 0.0604. The first-order valence-electron chi connectivity index (χ1n) is 8.85. The summed E-state index contributed by atoms with van der Waals surface area (Å²) < 4.78 is 0. The summed E-state index contributed by atoms with van der Waals surface area (Å²) in [5.74, 6) is 0.991. The number of nitrogens with zero attached hydrogens (tertiary/aromatic N) is 2. The zero-order valence-electron chi connectivity index (χ0n) is 15.1. The van der Waals surface area contributed by atoms with Gasteiger partial charge in [-0.05, 0) is 43.4 Å². The molecule has 2 aliphatic rings. The van der Waals surface area contributed by atoms with Gasteiger partial charge in [0.05, 0.1) is 16.8 Å². The molecule has 0 atom stereocenters. The molecule has 3 heterocycles. The summed E-state index contributed by atoms with van der Waals surface area (Å²) >= 11 is 3.31. The van der Waals surface area contributed by atoms with Crippen LogP contribution in [0.25, 0.3) is 0 Å². The van der Waals surface area contributed by atoms with Gasteiger partial charge in [0, 0.05) is 35.7 Å². The maximum Gasteiger partial charge on any atom is 0.254 e. The van der Waals surface area contributed by atoms with Crippen molar-refractivity contribution in [2.45, 2.75) is 29.9 Å². The molecular formula is C19H25Cl2N3OS2. The Bertz CT molecular complexity index is 726. The second-order valence-electron chi connectivity index (χ2n) is 6.98. The molecule has 1 aromatic carbocycles. The van der Waals surface area contributed by atoms with E-state index in [2.05, 4.69) is 21.7 Å². The monoisotopic (exact) mass is 445 g/mol. The van der Waals surface area contributed by atoms with Crippen LogP contribution in [0.2, 0.25) is 0 Å². The van der Waals surface area contributed by atoms with E-state index in [0.717, 1.165) is 60.9 Å². The van der Waals surface area contributed by atoms with Crippen molar-refractivity contribution in [2.24, 2.45) is 5.41 Å². The van der Waals surface area contributed by atoms with Crippen LogP contribution in [0.1, 0.15) is 35.3 Å². The van der Waals surface area contributed by atoms with Crippen LogP contribution in [0.15, 0.2) is 40.1 Å². The Balaban J connectivity index is 0.00000131. The van der Waals surface area contributed by atoms with Crippen LogP contribution in [0, 0.1) is 5.41 Å². The molecule has 1 amide bonds. The molecule has 4 nitrogen and oxygen atoms in total. The number of likely N-dealkylation sites (tertiary alicyclic amines) is 1. The average Bonchev–Trinajstić information content (AvgIpc) is 3.33. The summed E-state index contributed by atoms with van der Waals surface area (Å²) in [6.07, 6.45) is 3.51. The maximum atomic E-state index is 13.1. The number of carbonyl (C=O) groups excluding carboxylic acids is 1. The predicted molar refractivity (Wildman–Crippen MR) is 118 cm³/mol. The molecule has 2 saturated heterocycles. The molecule has 4 rings (SSSR count). The molecule has 0 aliphatic carbocycles. The van der Waals surface area contributed by atoms with Crippen molar-refractivity contribution in [1.29, 1.82) is 0 Å². The Kier molecular flexibility index (Phi) is 8.43. The summed E-state index contributed by atoms with van der Waals surface area (Å²) in [7, 11) is 0. The van der Waals surface area contributed by atoms with Crippen LogP contribution in [0.4, 0.5) is 0 Å². The number of hydrogen-bond acceptors (Lipinski definition) is 5. The molecule has 2 aliphatic heterocycles. The highest BCUT2D eigenvalue weighted by molar-refractivity contribution is 7.98. The highest BCUT2D eigenvalue weighted by Crippen LogP contribution is 2.37. The normalized spacial score (nSPS) is 18.0. The van der Waals surface area contributed by atoms with E-state index < -0.39 is 0 Å². The van der Waals surface area contributed by atoms with Crippen molar-refractivity contribution in [2.75, 3.05) is 26.2 Å². The third-order valence-corrected chi connectivity index (χ3v) is 7.16. The van der Waals surface area contributed by atoms with E-state index in [1.807, 2.05) is 28.6 Å². The van der Waals surface area contributed by atoms with Gasteiger partial charge in [-0.25, -0.2) is 4.98 Å². The molecule has 0 bridgehead atoms. The largest absolute Gasteiger partial charge is 0.339 e. The molecule has 148 valence electrons. The van der Waals surface area contributed by atoms with E-state index in [1.54, 1.807) is 23.1 Å². The zero-order chi connectivity index (χ0) is 17.1. The number of hydrogen-bond donors (Lipinski definition) is 1. The molecule has 27 heavy (non-hydrogen) atoms. The standard InChI is InChI=1S/C19H23N3OS2.2ClH/c23-18(22-9-6-19(7-10-22)5-8-20-13-19)16-3-1-2-4-17(16)25-12-15-11-24-14-21-15;;/h1-4,11,14,20H,5-10,12-13H2;2*1H. The molecule has 8 heteroatoms. The number of halogens is 2. The minimum Gasteiger partial charge on any atom is -0.339 e. The third kappa shape index (κ3) is 5.18. The van der Waals surface area contributed by atoms with Crippen molar-refractivity contribution in [3.8, 4) is 0 Å². The predicted octanol–water partition coefficient (Wildman–Crippen LogP) is 4.49. The number of thioether (sulfide) groups is 1. The van der Waals surface area contributed by atoms with Crippen LogP contribution < -0.4 is 5.32 Å². The summed E-state index contributed by atoms with van der Waals surface area (Å²) in [6.45, 7) is 4.01. The van der Waals surface area contributed by atoms with E-state index in [4.69, 9.17) is 0 Å². The molecule has 2 aromatic rings. The minimum atomic E-state index is 0. The maximum absolute atomic E-state index is 13.1. The summed E-state index contributed by atoms with van der Waals surface area (Å²) in [5.41, 5.74) is 4.21. The van der Waals surface area contributed by atoms with E-state index in [0.29, 0.717) is 5.41 Å². The zero-order valence-corrected chi connectivity index (χ0v) is 18.3. The lowest BCUT2D eigenvalue weighted by Gasteiger charge is -2.39. The first-order valence-corrected chi connectivity index (χ1v) is 10.8. The van der Waals surface area contributed by atoms with Gasteiger partial charge in [-0.2, -0.15) is 0 Å². The van der Waals surface area contributed by atoms with Gasteiger partial charge in [-0.15, -0.1) is 47.9 Å². The molecule has 0 saturated carbocycles. The first-order chi connectivity index (χ1) is 12.3. The second kappa shape index (κ2) is 10.1. The van der Waals surface area contributed by atoms with Crippen molar-refractivity contribution in [3.63, 3.8) is 0 Å². The van der Waals surface area contributed by atoms with Gasteiger partial charge in [-0.1, -0.05) is 12.1 Å². The Hall–Kier alpha value is -0.790. The molecule has 0 radical (unpaired) electrons. The van der Waals surface area contributed by atoms with Gasteiger partial charge in [0.1, 0.15) is 0 Å². The number of thiazole rings is 1. The highest BCUT2D eigenvalue weighted by Gasteiger charge is 2.38. The molecule has 0 unspecified atom stereocenters. The van der Waals surface area contributed by atoms with Crippen LogP contribution in [-0.2, 0) is 5.75 Å². The number of amides is 1.